The highest BCUT2D eigenvalue weighted by atomic mass is 35.5. The summed E-state index contributed by atoms with van der Waals surface area (Å²) in [6.07, 6.45) is 0. The number of benzene rings is 3. The molecule has 1 aliphatic rings. The maximum atomic E-state index is 14.0. The Morgan fingerprint density at radius 3 is 2.57 bits per heavy atom. The van der Waals surface area contributed by atoms with Crippen LogP contribution >= 0.6 is 22.9 Å². The molecular formula is C29H23ClN2O4S. The van der Waals surface area contributed by atoms with Crippen LogP contribution in [-0.2, 0) is 4.79 Å². The first kappa shape index (κ1) is 24.7. The predicted octanol–water partition coefficient (Wildman–Crippen LogP) is 6.95. The number of hydrogen-bond acceptors (Lipinski definition) is 6. The number of amides is 1. The number of nitrogens with zero attached hydrogens (tertiary/aromatic N) is 2. The molecule has 2 heterocycles. The van der Waals surface area contributed by atoms with Crippen LogP contribution in [0.2, 0.25) is 5.02 Å². The van der Waals surface area contributed by atoms with Crippen LogP contribution in [0.25, 0.3) is 10.6 Å². The van der Waals surface area contributed by atoms with Crippen molar-refractivity contribution in [3.05, 3.63) is 111 Å². The van der Waals surface area contributed by atoms with Crippen molar-refractivity contribution in [3.63, 3.8) is 0 Å². The molecule has 1 amide bonds. The molecule has 4 aromatic rings. The highest BCUT2D eigenvalue weighted by Gasteiger charge is 2.45. The van der Waals surface area contributed by atoms with Crippen molar-refractivity contribution in [2.45, 2.75) is 19.9 Å². The van der Waals surface area contributed by atoms with Crippen molar-refractivity contribution >= 4 is 40.3 Å². The monoisotopic (exact) mass is 530 g/mol. The summed E-state index contributed by atoms with van der Waals surface area (Å²) in [6, 6.07) is 22.6. The Hall–Kier alpha value is -3.94. The molecule has 3 aromatic carbocycles. The van der Waals surface area contributed by atoms with Crippen molar-refractivity contribution < 1.29 is 19.4 Å². The summed E-state index contributed by atoms with van der Waals surface area (Å²) >= 11 is 7.47. The lowest BCUT2D eigenvalue weighted by molar-refractivity contribution is -0.117. The van der Waals surface area contributed by atoms with Crippen LogP contribution in [0.5, 0.6) is 5.75 Å². The third kappa shape index (κ3) is 4.63. The third-order valence-electron chi connectivity index (χ3n) is 6.05. The Bertz CT molecular complexity index is 1530. The molecule has 1 atom stereocenters. The van der Waals surface area contributed by atoms with Gasteiger partial charge in [-0.25, -0.2) is 4.98 Å². The number of ketones is 1. The van der Waals surface area contributed by atoms with Crippen LogP contribution in [0.3, 0.4) is 0 Å². The molecular weight excluding hydrogens is 508 g/mol. The predicted molar refractivity (Wildman–Crippen MR) is 146 cm³/mol. The van der Waals surface area contributed by atoms with E-state index < -0.39 is 23.5 Å². The van der Waals surface area contributed by atoms with Gasteiger partial charge in [-0.05, 0) is 49.7 Å². The number of Topliss-reactive ketones (excluding diaryl/α,β-unsaturated/α-hetero) is 1. The van der Waals surface area contributed by atoms with Gasteiger partial charge in [0, 0.05) is 16.3 Å². The molecule has 1 aromatic heterocycles. The summed E-state index contributed by atoms with van der Waals surface area (Å²) in [6.45, 7) is 4.09. The number of carbonyl (C=O) groups excluding carboxylic acids is 2. The van der Waals surface area contributed by atoms with Gasteiger partial charge in [-0.15, -0.1) is 11.3 Å². The first-order valence-corrected chi connectivity index (χ1v) is 12.9. The van der Waals surface area contributed by atoms with Crippen LogP contribution in [-0.4, -0.2) is 28.4 Å². The molecule has 1 aliphatic heterocycles. The minimum absolute atomic E-state index is 0.00927. The van der Waals surface area contributed by atoms with E-state index in [0.29, 0.717) is 44.2 Å². The average Bonchev–Trinajstić information content (AvgIpc) is 3.42. The van der Waals surface area contributed by atoms with Gasteiger partial charge in [0.15, 0.2) is 5.76 Å². The molecule has 8 heteroatoms. The lowest BCUT2D eigenvalue weighted by atomic mass is 9.94. The molecule has 5 rings (SSSR count). The fraction of sp³-hybridized carbons (Fsp3) is 0.138. The van der Waals surface area contributed by atoms with Crippen molar-refractivity contribution in [2.75, 3.05) is 11.5 Å². The van der Waals surface area contributed by atoms with E-state index in [4.69, 9.17) is 16.3 Å². The smallest absolute Gasteiger partial charge is 0.294 e. The Balaban J connectivity index is 1.64. The van der Waals surface area contributed by atoms with Gasteiger partial charge < -0.3 is 9.84 Å². The molecule has 0 fully saturated rings. The topological polar surface area (TPSA) is 79.7 Å². The normalized spacial score (nSPS) is 15.4. The van der Waals surface area contributed by atoms with E-state index >= 15 is 0 Å². The second-order valence-electron chi connectivity index (χ2n) is 8.45. The van der Waals surface area contributed by atoms with Gasteiger partial charge in [-0.1, -0.05) is 60.1 Å². The lowest BCUT2D eigenvalue weighted by Crippen LogP contribution is -2.31. The van der Waals surface area contributed by atoms with Crippen molar-refractivity contribution in [1.82, 2.24) is 4.98 Å². The molecule has 6 nitrogen and oxygen atoms in total. The summed E-state index contributed by atoms with van der Waals surface area (Å²) in [4.78, 5) is 33.8. The minimum Gasteiger partial charge on any atom is -0.503 e. The number of aromatic nitrogens is 1. The molecule has 1 N–H and O–H groups in total. The van der Waals surface area contributed by atoms with Crippen LogP contribution in [0, 0.1) is 6.92 Å². The number of hydrogen-bond donors (Lipinski definition) is 1. The summed E-state index contributed by atoms with van der Waals surface area (Å²) < 4.78 is 5.68. The first-order chi connectivity index (χ1) is 17.9. The van der Waals surface area contributed by atoms with Gasteiger partial charge in [0.25, 0.3) is 5.91 Å². The first-order valence-electron chi connectivity index (χ1n) is 11.7. The summed E-state index contributed by atoms with van der Waals surface area (Å²) in [5, 5.41) is 12.2. The number of halogens is 1. The quantitative estimate of drug-likeness (QED) is 0.261. The van der Waals surface area contributed by atoms with Crippen molar-refractivity contribution in [2.24, 2.45) is 0 Å². The van der Waals surface area contributed by atoms with Gasteiger partial charge in [-0.2, -0.15) is 0 Å². The van der Waals surface area contributed by atoms with Gasteiger partial charge in [0.05, 0.1) is 28.8 Å². The van der Waals surface area contributed by atoms with E-state index in [2.05, 4.69) is 4.98 Å². The summed E-state index contributed by atoms with van der Waals surface area (Å²) in [7, 11) is 0. The van der Waals surface area contributed by atoms with Crippen LogP contribution < -0.4 is 9.64 Å². The Morgan fingerprint density at radius 2 is 1.84 bits per heavy atom. The fourth-order valence-electron chi connectivity index (χ4n) is 4.42. The van der Waals surface area contributed by atoms with Crippen LogP contribution in [0.15, 0.2) is 90.2 Å². The number of aryl methyl sites for hydroxylation is 1. The number of rotatable bonds is 7. The standard InChI is InChI=1S/C29H23ClN2O4S/c1-3-36-22-14-7-11-19(15-22)24-23(26(34)29(35)32(24)21-13-8-12-20(30)16-21)25(33)27-17(2)31-28(37-27)18-9-5-4-6-10-18/h4-16,24,34H,3H2,1-2H3. The third-order valence-corrected chi connectivity index (χ3v) is 7.49. The SMILES string of the molecule is CCOc1cccc(C2C(C(=O)c3sc(-c4ccccc4)nc3C)=C(O)C(=O)N2c2cccc(Cl)c2)c1. The van der Waals surface area contributed by atoms with Crippen molar-refractivity contribution in [1.29, 1.82) is 0 Å². The van der Waals surface area contributed by atoms with Crippen LogP contribution in [0.4, 0.5) is 5.69 Å². The molecule has 0 aliphatic carbocycles. The highest BCUT2D eigenvalue weighted by Crippen LogP contribution is 2.44. The molecule has 37 heavy (non-hydrogen) atoms. The summed E-state index contributed by atoms with van der Waals surface area (Å²) in [5.74, 6) is -1.12. The van der Waals surface area contributed by atoms with E-state index in [1.807, 2.05) is 37.3 Å². The number of aliphatic hydroxyl groups excluding tert-OH is 1. The number of carbonyl (C=O) groups is 2. The Morgan fingerprint density at radius 1 is 1.08 bits per heavy atom. The van der Waals surface area contributed by atoms with E-state index in [-0.39, 0.29) is 5.57 Å². The van der Waals surface area contributed by atoms with E-state index in [9.17, 15) is 14.7 Å². The second kappa shape index (κ2) is 10.2. The highest BCUT2D eigenvalue weighted by molar-refractivity contribution is 7.17. The van der Waals surface area contributed by atoms with E-state index in [1.165, 1.54) is 16.2 Å². The zero-order valence-corrected chi connectivity index (χ0v) is 21.7. The Labute approximate surface area is 223 Å². The average molecular weight is 531 g/mol. The number of aliphatic hydroxyl groups is 1. The van der Waals surface area contributed by atoms with E-state index in [1.54, 1.807) is 55.5 Å². The Kier molecular flexibility index (Phi) is 6.82. The molecule has 186 valence electrons. The number of thiazole rings is 1. The number of ether oxygens (including phenoxy) is 1. The maximum Gasteiger partial charge on any atom is 0.294 e. The second-order valence-corrected chi connectivity index (χ2v) is 9.89. The lowest BCUT2D eigenvalue weighted by Gasteiger charge is -2.27. The van der Waals surface area contributed by atoms with Gasteiger partial charge in [0.2, 0.25) is 5.78 Å². The molecule has 1 unspecified atom stereocenters. The summed E-state index contributed by atoms with van der Waals surface area (Å²) in [5.41, 5.74) is 2.49. The molecule has 0 saturated heterocycles. The minimum atomic E-state index is -0.888. The largest absolute Gasteiger partial charge is 0.503 e. The zero-order valence-electron chi connectivity index (χ0n) is 20.1. The van der Waals surface area contributed by atoms with Gasteiger partial charge in [0.1, 0.15) is 10.8 Å². The molecule has 0 spiro atoms. The van der Waals surface area contributed by atoms with Crippen molar-refractivity contribution in [3.8, 4) is 16.3 Å². The van der Waals surface area contributed by atoms with Gasteiger partial charge >= 0.3 is 0 Å². The molecule has 0 bridgehead atoms. The maximum absolute atomic E-state index is 14.0. The molecule has 0 radical (unpaired) electrons. The van der Waals surface area contributed by atoms with E-state index in [0.717, 1.165) is 5.56 Å². The molecule has 0 saturated carbocycles. The van der Waals surface area contributed by atoms with Gasteiger partial charge in [-0.3, -0.25) is 14.5 Å². The van der Waals surface area contributed by atoms with Crippen LogP contribution in [0.1, 0.15) is 33.9 Å². The fourth-order valence-corrected chi connectivity index (χ4v) is 5.63. The zero-order chi connectivity index (χ0) is 26.1. The number of anilines is 1.